The van der Waals surface area contributed by atoms with Crippen LogP contribution in [0.25, 0.3) is 0 Å². The van der Waals surface area contributed by atoms with Crippen molar-refractivity contribution in [3.05, 3.63) is 0 Å². The predicted octanol–water partition coefficient (Wildman–Crippen LogP) is -1.07. The largest absolute Gasteiger partial charge is 0.297 e. The number of nitrogens with zero attached hydrogens (tertiary/aromatic N) is 2. The molecule has 0 aromatic rings. The number of thiol groups is 1. The molecule has 2 atom stereocenters. The van der Waals surface area contributed by atoms with Crippen LogP contribution in [0.2, 0.25) is 0 Å². The summed E-state index contributed by atoms with van der Waals surface area (Å²) in [5, 5.41) is 11.2. The van der Waals surface area contributed by atoms with Gasteiger partial charge in [0.15, 0.2) is 0 Å². The van der Waals surface area contributed by atoms with Crippen molar-refractivity contribution in [2.45, 2.75) is 18.6 Å². The van der Waals surface area contributed by atoms with E-state index in [1.54, 1.807) is 6.92 Å². The molecule has 1 fully saturated rings. The summed E-state index contributed by atoms with van der Waals surface area (Å²) in [6.45, 7) is 1.75. The van der Waals surface area contributed by atoms with Gasteiger partial charge >= 0.3 is 0 Å². The summed E-state index contributed by atoms with van der Waals surface area (Å²) in [6, 6.07) is 0. The predicted molar refractivity (Wildman–Crippen MR) is 35.0 cm³/mol. The number of hydrogen-bond donors (Lipinski definition) is 4. The maximum atomic E-state index is 8.89. The molecule has 0 aliphatic carbocycles. The topological polar surface area (TPSA) is 64.8 Å². The zero-order chi connectivity index (χ0) is 7.02. The van der Waals surface area contributed by atoms with E-state index >= 15 is 0 Å². The van der Waals surface area contributed by atoms with Crippen LogP contribution in [0.5, 0.6) is 0 Å². The maximum absolute atomic E-state index is 8.89. The third kappa shape index (κ3) is 1.18. The smallest absolute Gasteiger partial charge is 0.134 e. The second kappa shape index (κ2) is 2.41. The second-order valence-electron chi connectivity index (χ2n) is 1.93. The van der Waals surface area contributed by atoms with Gasteiger partial charge in [-0.05, 0) is 6.92 Å². The number of nitrogens with two attached hydrogens (primary N) is 1. The fraction of sp³-hybridized carbons (Fsp3) is 1.00. The Morgan fingerprint density at radius 3 is 2.44 bits per heavy atom. The Bertz CT molecular complexity index is 100.0. The molecule has 1 heterocycles. The van der Waals surface area contributed by atoms with Gasteiger partial charge in [0.05, 0.1) is 0 Å². The molecule has 54 valence electrons. The Balaban J connectivity index is 2.54. The molecule has 2 unspecified atom stereocenters. The molecule has 0 spiro atoms. The maximum Gasteiger partial charge on any atom is 0.134 e. The quantitative estimate of drug-likeness (QED) is 0.262. The summed E-state index contributed by atoms with van der Waals surface area (Å²) in [4.78, 5) is 0. The van der Waals surface area contributed by atoms with Crippen LogP contribution >= 0.6 is 12.6 Å². The van der Waals surface area contributed by atoms with Crippen molar-refractivity contribution in [3.8, 4) is 0 Å². The van der Waals surface area contributed by atoms with Gasteiger partial charge in [-0.3, -0.25) is 11.0 Å². The van der Waals surface area contributed by atoms with Gasteiger partial charge in [-0.2, -0.15) is 5.01 Å². The van der Waals surface area contributed by atoms with Crippen LogP contribution in [0.1, 0.15) is 6.92 Å². The first-order valence-electron chi connectivity index (χ1n) is 2.58. The molecule has 0 aromatic carbocycles. The lowest BCUT2D eigenvalue weighted by Gasteiger charge is -2.16. The standard InChI is InChI=1S/C3H10N4OS/c1-2-6(4)3(9)5-7(2)8/h2-3,5,8-9H,4H2,1H3. The first-order valence-corrected chi connectivity index (χ1v) is 3.10. The number of rotatable bonds is 0. The van der Waals surface area contributed by atoms with Crippen molar-refractivity contribution in [2.24, 2.45) is 5.84 Å². The molecule has 1 saturated heterocycles. The van der Waals surface area contributed by atoms with E-state index in [0.717, 1.165) is 5.17 Å². The summed E-state index contributed by atoms with van der Waals surface area (Å²) >= 11 is 3.99. The zero-order valence-corrected chi connectivity index (χ0v) is 5.92. The first-order chi connectivity index (χ1) is 4.13. The average molecular weight is 150 g/mol. The lowest BCUT2D eigenvalue weighted by Crippen LogP contribution is -2.41. The lowest BCUT2D eigenvalue weighted by molar-refractivity contribution is -0.153. The molecular weight excluding hydrogens is 140 g/mol. The molecule has 0 saturated carbocycles. The fourth-order valence-corrected chi connectivity index (χ4v) is 0.935. The van der Waals surface area contributed by atoms with Gasteiger partial charge in [0.1, 0.15) is 11.7 Å². The van der Waals surface area contributed by atoms with E-state index in [9.17, 15) is 0 Å². The highest BCUT2D eigenvalue weighted by Crippen LogP contribution is 2.10. The highest BCUT2D eigenvalue weighted by molar-refractivity contribution is 7.80. The molecule has 4 N–H and O–H groups in total. The van der Waals surface area contributed by atoms with E-state index in [2.05, 4.69) is 18.1 Å². The molecule has 6 heteroatoms. The van der Waals surface area contributed by atoms with Gasteiger partial charge in [0.25, 0.3) is 0 Å². The Labute approximate surface area is 58.7 Å². The Morgan fingerprint density at radius 2 is 2.33 bits per heavy atom. The van der Waals surface area contributed by atoms with E-state index in [1.165, 1.54) is 5.01 Å². The van der Waals surface area contributed by atoms with Crippen molar-refractivity contribution in [1.82, 2.24) is 15.6 Å². The zero-order valence-electron chi connectivity index (χ0n) is 5.02. The lowest BCUT2D eigenvalue weighted by atomic mass is 10.6. The van der Waals surface area contributed by atoms with E-state index in [1.807, 2.05) is 0 Å². The van der Waals surface area contributed by atoms with E-state index < -0.39 is 0 Å². The van der Waals surface area contributed by atoms with Crippen LogP contribution in [0.15, 0.2) is 0 Å². The van der Waals surface area contributed by atoms with Gasteiger partial charge in [-0.25, -0.2) is 5.43 Å². The van der Waals surface area contributed by atoms with Gasteiger partial charge < -0.3 is 0 Å². The minimum Gasteiger partial charge on any atom is -0.297 e. The number of nitrogens with one attached hydrogen (secondary N) is 1. The minimum absolute atomic E-state index is 0.229. The van der Waals surface area contributed by atoms with Crippen LogP contribution in [-0.2, 0) is 0 Å². The summed E-state index contributed by atoms with van der Waals surface area (Å²) in [5.74, 6) is 5.40. The third-order valence-corrected chi connectivity index (χ3v) is 1.70. The van der Waals surface area contributed by atoms with Crippen molar-refractivity contribution in [2.75, 3.05) is 0 Å². The molecule has 1 aliphatic rings. The number of hydroxylamine groups is 1. The Hall–Kier alpha value is 0.150. The van der Waals surface area contributed by atoms with Gasteiger partial charge in [0.2, 0.25) is 0 Å². The van der Waals surface area contributed by atoms with Crippen molar-refractivity contribution in [1.29, 1.82) is 0 Å². The molecule has 1 rings (SSSR count). The van der Waals surface area contributed by atoms with Crippen molar-refractivity contribution < 1.29 is 5.21 Å². The van der Waals surface area contributed by atoms with E-state index in [4.69, 9.17) is 11.0 Å². The highest BCUT2D eigenvalue weighted by Gasteiger charge is 2.30. The van der Waals surface area contributed by atoms with E-state index in [0.29, 0.717) is 0 Å². The van der Waals surface area contributed by atoms with Crippen LogP contribution < -0.4 is 11.3 Å². The number of hydrazine groups is 2. The molecule has 1 aliphatic heterocycles. The van der Waals surface area contributed by atoms with E-state index in [-0.39, 0.29) is 11.7 Å². The molecule has 5 nitrogen and oxygen atoms in total. The minimum atomic E-state index is -0.301. The monoisotopic (exact) mass is 150 g/mol. The Morgan fingerprint density at radius 1 is 1.78 bits per heavy atom. The van der Waals surface area contributed by atoms with Gasteiger partial charge in [-0.15, -0.1) is 17.8 Å². The molecule has 9 heavy (non-hydrogen) atoms. The molecular formula is C3H10N4OS. The Kier molecular flexibility index (Phi) is 1.94. The molecule has 0 bridgehead atoms. The highest BCUT2D eigenvalue weighted by atomic mass is 32.1. The normalized spacial score (nSPS) is 40.0. The van der Waals surface area contributed by atoms with Crippen LogP contribution in [0, 0.1) is 0 Å². The SMILES string of the molecule is CC1N(O)NC(S)N1N. The fourth-order valence-electron chi connectivity index (χ4n) is 0.623. The van der Waals surface area contributed by atoms with Gasteiger partial charge in [-0.1, -0.05) is 0 Å². The van der Waals surface area contributed by atoms with Crippen molar-refractivity contribution in [3.63, 3.8) is 0 Å². The van der Waals surface area contributed by atoms with Crippen LogP contribution in [0.3, 0.4) is 0 Å². The second-order valence-corrected chi connectivity index (χ2v) is 2.42. The van der Waals surface area contributed by atoms with Gasteiger partial charge in [0, 0.05) is 0 Å². The average Bonchev–Trinajstić information content (AvgIpc) is 1.98. The summed E-state index contributed by atoms with van der Waals surface area (Å²) < 4.78 is 0. The van der Waals surface area contributed by atoms with Crippen molar-refractivity contribution >= 4 is 12.6 Å². The molecule has 0 aromatic heterocycles. The van der Waals surface area contributed by atoms with Crippen LogP contribution in [0.4, 0.5) is 0 Å². The van der Waals surface area contributed by atoms with Crippen LogP contribution in [-0.4, -0.2) is 27.1 Å². The number of hydrogen-bond acceptors (Lipinski definition) is 6. The first kappa shape index (κ1) is 7.26. The summed E-state index contributed by atoms with van der Waals surface area (Å²) in [5.41, 5.74) is 2.27. The third-order valence-electron chi connectivity index (χ3n) is 1.32. The summed E-state index contributed by atoms with van der Waals surface area (Å²) in [6.07, 6.45) is -0.229. The molecule has 0 amide bonds. The molecule has 0 radical (unpaired) electrons. The summed E-state index contributed by atoms with van der Waals surface area (Å²) in [7, 11) is 0.